The summed E-state index contributed by atoms with van der Waals surface area (Å²) in [6, 6.07) is 16.6. The van der Waals surface area contributed by atoms with Crippen LogP contribution in [0.1, 0.15) is 24.5 Å². The third-order valence-electron chi connectivity index (χ3n) is 5.37. The third kappa shape index (κ3) is 4.87. The number of hydrazine groups is 1. The minimum Gasteiger partial charge on any atom is -0.322 e. The summed E-state index contributed by atoms with van der Waals surface area (Å²) < 4.78 is 1.54. The van der Waals surface area contributed by atoms with Gasteiger partial charge in [0.1, 0.15) is 5.54 Å². The highest BCUT2D eigenvalue weighted by atomic mass is 32.2. The number of nitrogens with one attached hydrogen (secondary N) is 2. The van der Waals surface area contributed by atoms with Crippen LogP contribution in [0.4, 0.5) is 4.79 Å². The van der Waals surface area contributed by atoms with Gasteiger partial charge < -0.3 is 5.32 Å². The van der Waals surface area contributed by atoms with E-state index in [0.29, 0.717) is 18.0 Å². The maximum absolute atomic E-state index is 12.9. The Hall–Kier alpha value is -3.73. The molecule has 0 radical (unpaired) electrons. The molecule has 0 unspecified atom stereocenters. The highest BCUT2D eigenvalue weighted by molar-refractivity contribution is 7.99. The zero-order valence-corrected chi connectivity index (χ0v) is 19.0. The van der Waals surface area contributed by atoms with Gasteiger partial charge in [-0.1, -0.05) is 60.3 Å². The van der Waals surface area contributed by atoms with E-state index in [1.807, 2.05) is 61.5 Å². The number of benzene rings is 2. The van der Waals surface area contributed by atoms with Crippen LogP contribution in [-0.4, -0.2) is 54.4 Å². The number of tetrazole rings is 1. The predicted octanol–water partition coefficient (Wildman–Crippen LogP) is 2.04. The van der Waals surface area contributed by atoms with Crippen molar-refractivity contribution in [2.45, 2.75) is 37.4 Å². The standard InChI is InChI=1S/C22H23N7O3S/c1-15-8-6-7-11-17(15)28-21(24-26-27-28)33-14-18(30)25-29-19(31)22(2,23-20(29)32)13-12-16-9-4-3-5-10-16/h3-11H,12-14H2,1-2H3,(H,23,32)(H,25,30)/t22-/m0/s1. The summed E-state index contributed by atoms with van der Waals surface area (Å²) >= 11 is 1.10. The molecule has 4 amide bonds. The molecule has 0 saturated carbocycles. The average molecular weight is 466 g/mol. The normalized spacial score (nSPS) is 17.8. The summed E-state index contributed by atoms with van der Waals surface area (Å²) in [6.45, 7) is 3.60. The first kappa shape index (κ1) is 22.5. The number of carbonyl (C=O) groups is 3. The number of nitrogens with zero attached hydrogens (tertiary/aromatic N) is 5. The lowest BCUT2D eigenvalue weighted by atomic mass is 9.93. The van der Waals surface area contributed by atoms with Crippen LogP contribution >= 0.6 is 11.8 Å². The molecule has 3 aromatic rings. The van der Waals surface area contributed by atoms with Gasteiger partial charge in [-0.05, 0) is 54.3 Å². The highest BCUT2D eigenvalue weighted by Gasteiger charge is 2.48. The molecule has 1 aliphatic heterocycles. The van der Waals surface area contributed by atoms with Gasteiger partial charge in [0.15, 0.2) is 0 Å². The van der Waals surface area contributed by atoms with Crippen LogP contribution in [0, 0.1) is 6.92 Å². The highest BCUT2D eigenvalue weighted by Crippen LogP contribution is 2.23. The lowest BCUT2D eigenvalue weighted by Crippen LogP contribution is -2.49. The molecule has 1 atom stereocenters. The number of hydrogen-bond donors (Lipinski definition) is 2. The van der Waals surface area contributed by atoms with Crippen LogP contribution < -0.4 is 10.7 Å². The van der Waals surface area contributed by atoms with Gasteiger partial charge in [-0.25, -0.2) is 4.79 Å². The summed E-state index contributed by atoms with van der Waals surface area (Å²) in [7, 11) is 0. The van der Waals surface area contributed by atoms with E-state index in [1.165, 1.54) is 0 Å². The number of hydrogen-bond acceptors (Lipinski definition) is 7. The minimum atomic E-state index is -1.09. The van der Waals surface area contributed by atoms with E-state index >= 15 is 0 Å². The third-order valence-corrected chi connectivity index (χ3v) is 6.29. The molecular weight excluding hydrogens is 442 g/mol. The van der Waals surface area contributed by atoms with Gasteiger partial charge in [0.2, 0.25) is 11.1 Å². The quantitative estimate of drug-likeness (QED) is 0.386. The minimum absolute atomic E-state index is 0.0793. The van der Waals surface area contributed by atoms with E-state index in [2.05, 4.69) is 26.3 Å². The number of carbonyl (C=O) groups excluding carboxylic acids is 3. The molecule has 0 bridgehead atoms. The molecule has 1 fully saturated rings. The molecule has 1 aliphatic rings. The summed E-state index contributed by atoms with van der Waals surface area (Å²) in [4.78, 5) is 37.8. The van der Waals surface area contributed by atoms with Crippen molar-refractivity contribution in [3.63, 3.8) is 0 Å². The van der Waals surface area contributed by atoms with E-state index in [-0.39, 0.29) is 5.75 Å². The van der Waals surface area contributed by atoms with E-state index in [0.717, 1.165) is 33.6 Å². The molecule has 4 rings (SSSR count). The van der Waals surface area contributed by atoms with Crippen LogP contribution in [0.15, 0.2) is 59.8 Å². The zero-order chi connectivity index (χ0) is 23.4. The second-order valence-electron chi connectivity index (χ2n) is 7.87. The van der Waals surface area contributed by atoms with Crippen molar-refractivity contribution >= 4 is 29.6 Å². The van der Waals surface area contributed by atoms with Gasteiger partial charge in [-0.3, -0.25) is 15.0 Å². The number of thioether (sulfide) groups is 1. The maximum atomic E-state index is 12.9. The van der Waals surface area contributed by atoms with Gasteiger partial charge >= 0.3 is 6.03 Å². The van der Waals surface area contributed by atoms with Crippen molar-refractivity contribution in [2.24, 2.45) is 0 Å². The van der Waals surface area contributed by atoms with Crippen LogP contribution in [0.25, 0.3) is 5.69 Å². The first-order valence-corrected chi connectivity index (χ1v) is 11.3. The Labute approximate surface area is 194 Å². The van der Waals surface area contributed by atoms with E-state index in [9.17, 15) is 14.4 Å². The fourth-order valence-corrected chi connectivity index (χ4v) is 4.18. The molecular formula is C22H23N7O3S. The summed E-state index contributed by atoms with van der Waals surface area (Å²) in [6.07, 6.45) is 1.02. The first-order chi connectivity index (χ1) is 15.9. The van der Waals surface area contributed by atoms with Gasteiger partial charge in [-0.2, -0.15) is 9.69 Å². The monoisotopic (exact) mass is 465 g/mol. The predicted molar refractivity (Wildman–Crippen MR) is 121 cm³/mol. The van der Waals surface area contributed by atoms with Crippen molar-refractivity contribution < 1.29 is 14.4 Å². The van der Waals surface area contributed by atoms with Gasteiger partial charge in [-0.15, -0.1) is 5.10 Å². The topological polar surface area (TPSA) is 122 Å². The number of para-hydroxylation sites is 1. The van der Waals surface area contributed by atoms with E-state index < -0.39 is 23.4 Å². The molecule has 170 valence electrons. The fourth-order valence-electron chi connectivity index (χ4n) is 3.50. The largest absolute Gasteiger partial charge is 0.344 e. The maximum Gasteiger partial charge on any atom is 0.344 e. The number of aromatic nitrogens is 4. The molecule has 33 heavy (non-hydrogen) atoms. The SMILES string of the molecule is Cc1ccccc1-n1nnnc1SCC(=O)NN1C(=O)N[C@@](C)(CCc2ccccc2)C1=O. The number of urea groups is 1. The number of aryl methyl sites for hydroxylation is 2. The van der Waals surface area contributed by atoms with E-state index in [1.54, 1.807) is 11.6 Å². The van der Waals surface area contributed by atoms with Crippen LogP contribution in [0.2, 0.25) is 0 Å². The Kier molecular flexibility index (Phi) is 6.40. The lowest BCUT2D eigenvalue weighted by molar-refractivity contribution is -0.138. The van der Waals surface area contributed by atoms with Crippen LogP contribution in [-0.2, 0) is 16.0 Å². The molecule has 0 spiro atoms. The number of rotatable bonds is 8. The fraction of sp³-hybridized carbons (Fsp3) is 0.273. The Morgan fingerprint density at radius 1 is 1.12 bits per heavy atom. The molecule has 2 heterocycles. The summed E-state index contributed by atoms with van der Waals surface area (Å²) in [5.74, 6) is -1.09. The average Bonchev–Trinajstić information content (AvgIpc) is 3.36. The molecule has 1 aromatic heterocycles. The molecule has 11 heteroatoms. The van der Waals surface area contributed by atoms with Crippen molar-refractivity contribution in [1.29, 1.82) is 0 Å². The van der Waals surface area contributed by atoms with Gasteiger partial charge in [0.05, 0.1) is 11.4 Å². The smallest absolute Gasteiger partial charge is 0.322 e. The number of imide groups is 1. The Morgan fingerprint density at radius 3 is 2.61 bits per heavy atom. The number of amides is 4. The van der Waals surface area contributed by atoms with Crippen molar-refractivity contribution in [2.75, 3.05) is 5.75 Å². The second kappa shape index (κ2) is 9.41. The molecule has 2 aromatic carbocycles. The van der Waals surface area contributed by atoms with Gasteiger partial charge in [0, 0.05) is 0 Å². The summed E-state index contributed by atoms with van der Waals surface area (Å²) in [5, 5.41) is 15.5. The molecule has 0 aliphatic carbocycles. The first-order valence-electron chi connectivity index (χ1n) is 10.3. The molecule has 1 saturated heterocycles. The van der Waals surface area contributed by atoms with Crippen molar-refractivity contribution in [3.8, 4) is 5.69 Å². The van der Waals surface area contributed by atoms with E-state index in [4.69, 9.17) is 0 Å². The van der Waals surface area contributed by atoms with Crippen LogP contribution in [0.3, 0.4) is 0 Å². The summed E-state index contributed by atoms with van der Waals surface area (Å²) in [5.41, 5.74) is 4.14. The Balaban J connectivity index is 1.35. The van der Waals surface area contributed by atoms with Crippen molar-refractivity contribution in [3.05, 3.63) is 65.7 Å². The lowest BCUT2D eigenvalue weighted by Gasteiger charge is -2.21. The second-order valence-corrected chi connectivity index (χ2v) is 8.81. The van der Waals surface area contributed by atoms with Crippen LogP contribution in [0.5, 0.6) is 0 Å². The molecule has 2 N–H and O–H groups in total. The molecule has 10 nitrogen and oxygen atoms in total. The van der Waals surface area contributed by atoms with Gasteiger partial charge in [0.25, 0.3) is 5.91 Å². The Bertz CT molecular complexity index is 1180. The zero-order valence-electron chi connectivity index (χ0n) is 18.2. The van der Waals surface area contributed by atoms with Crippen molar-refractivity contribution in [1.82, 2.24) is 36.0 Å². The Morgan fingerprint density at radius 2 is 1.85 bits per heavy atom.